The first-order chi connectivity index (χ1) is 15.7. The number of halogens is 1. The molecule has 2 aliphatic rings. The first-order valence-corrected chi connectivity index (χ1v) is 12.0. The van der Waals surface area contributed by atoms with Gasteiger partial charge < -0.3 is 14.4 Å². The number of aromatic nitrogens is 1. The van der Waals surface area contributed by atoms with Gasteiger partial charge in [0.25, 0.3) is 0 Å². The summed E-state index contributed by atoms with van der Waals surface area (Å²) in [7, 11) is 0. The maximum Gasteiger partial charge on any atom is 0.128 e. The van der Waals surface area contributed by atoms with Gasteiger partial charge in [0.2, 0.25) is 0 Å². The zero-order valence-corrected chi connectivity index (χ0v) is 19.1. The maximum atomic E-state index is 6.54. The van der Waals surface area contributed by atoms with E-state index in [-0.39, 0.29) is 6.10 Å². The van der Waals surface area contributed by atoms with Gasteiger partial charge in [-0.3, -0.25) is 0 Å². The van der Waals surface area contributed by atoms with Crippen LogP contribution in [0.4, 0.5) is 5.82 Å². The van der Waals surface area contributed by atoms with Crippen LogP contribution in [0, 0.1) is 0 Å². The quantitative estimate of drug-likeness (QED) is 0.453. The summed E-state index contributed by atoms with van der Waals surface area (Å²) >= 11 is 6.54. The predicted molar refractivity (Wildman–Crippen MR) is 130 cm³/mol. The van der Waals surface area contributed by atoms with Gasteiger partial charge in [-0.05, 0) is 78.8 Å². The molecule has 32 heavy (non-hydrogen) atoms. The Hall–Kier alpha value is -2.56. The third-order valence-corrected chi connectivity index (χ3v) is 6.68. The van der Waals surface area contributed by atoms with Crippen LogP contribution in [0.5, 0.6) is 5.75 Å². The van der Waals surface area contributed by atoms with Crippen molar-refractivity contribution >= 4 is 17.4 Å². The lowest BCUT2D eigenvalue weighted by molar-refractivity contribution is 0.141. The number of benzene rings is 2. The second-order valence-electron chi connectivity index (χ2n) is 8.68. The maximum absolute atomic E-state index is 6.54. The lowest BCUT2D eigenvalue weighted by Gasteiger charge is -2.27. The van der Waals surface area contributed by atoms with Gasteiger partial charge in [0.1, 0.15) is 17.7 Å². The number of hydrogen-bond donors (Lipinski definition) is 0. The number of nitrogens with zero attached hydrogens (tertiary/aromatic N) is 2. The molecule has 0 bridgehead atoms. The van der Waals surface area contributed by atoms with Gasteiger partial charge in [0, 0.05) is 36.3 Å². The van der Waals surface area contributed by atoms with Crippen LogP contribution in [0.25, 0.3) is 11.1 Å². The fourth-order valence-electron chi connectivity index (χ4n) is 4.46. The molecule has 2 saturated heterocycles. The standard InChI is InChI=1S/C27H29ClN2O2/c28-26-10-6-21(22-7-11-27(29-18-22)30-13-2-1-3-14-30)17-23(26)16-20-4-8-24(9-5-20)32-25-12-15-31-19-25/h4-11,17-18,25H,1-3,12-16,19H2/t25-/m1/s1. The largest absolute Gasteiger partial charge is 0.488 e. The summed E-state index contributed by atoms with van der Waals surface area (Å²) in [5.74, 6) is 1.97. The van der Waals surface area contributed by atoms with Crippen molar-refractivity contribution in [2.45, 2.75) is 38.2 Å². The molecule has 0 unspecified atom stereocenters. The van der Waals surface area contributed by atoms with Crippen molar-refractivity contribution in [2.24, 2.45) is 0 Å². The van der Waals surface area contributed by atoms with Crippen LogP contribution in [0.3, 0.4) is 0 Å². The highest BCUT2D eigenvalue weighted by molar-refractivity contribution is 6.31. The number of hydrogen-bond acceptors (Lipinski definition) is 4. The Morgan fingerprint density at radius 1 is 0.969 bits per heavy atom. The highest BCUT2D eigenvalue weighted by atomic mass is 35.5. The van der Waals surface area contributed by atoms with E-state index in [0.29, 0.717) is 6.61 Å². The van der Waals surface area contributed by atoms with Crippen molar-refractivity contribution in [1.82, 2.24) is 4.98 Å². The Labute approximate surface area is 195 Å². The van der Waals surface area contributed by atoms with E-state index in [1.165, 1.54) is 24.8 Å². The van der Waals surface area contributed by atoms with E-state index in [1.54, 1.807) is 0 Å². The molecule has 4 nitrogen and oxygen atoms in total. The number of rotatable bonds is 6. The van der Waals surface area contributed by atoms with Gasteiger partial charge in [-0.15, -0.1) is 0 Å². The molecular weight excluding hydrogens is 420 g/mol. The molecule has 5 rings (SSSR count). The van der Waals surface area contributed by atoms with Crippen LogP contribution in [0.15, 0.2) is 60.8 Å². The highest BCUT2D eigenvalue weighted by Gasteiger charge is 2.17. The molecule has 2 aliphatic heterocycles. The summed E-state index contributed by atoms with van der Waals surface area (Å²) in [5, 5.41) is 0.787. The first kappa shape index (κ1) is 21.3. The molecule has 0 radical (unpaired) electrons. The summed E-state index contributed by atoms with van der Waals surface area (Å²) < 4.78 is 11.4. The lowest BCUT2D eigenvalue weighted by Crippen LogP contribution is -2.29. The number of anilines is 1. The molecule has 5 heteroatoms. The Balaban J connectivity index is 1.28. The van der Waals surface area contributed by atoms with Gasteiger partial charge >= 0.3 is 0 Å². The van der Waals surface area contributed by atoms with Crippen molar-refractivity contribution in [1.29, 1.82) is 0 Å². The molecule has 0 spiro atoms. The second-order valence-corrected chi connectivity index (χ2v) is 9.09. The molecule has 3 heterocycles. The third-order valence-electron chi connectivity index (χ3n) is 6.32. The van der Waals surface area contributed by atoms with E-state index in [2.05, 4.69) is 41.3 Å². The van der Waals surface area contributed by atoms with Crippen molar-refractivity contribution in [3.05, 3.63) is 76.9 Å². The molecule has 1 atom stereocenters. The van der Waals surface area contributed by atoms with Crippen LogP contribution in [0.2, 0.25) is 5.02 Å². The molecular formula is C27H29ClN2O2. The Morgan fingerprint density at radius 3 is 2.50 bits per heavy atom. The van der Waals surface area contributed by atoms with Crippen LogP contribution in [-0.2, 0) is 11.2 Å². The molecule has 2 fully saturated rings. The van der Waals surface area contributed by atoms with Gasteiger partial charge in [-0.2, -0.15) is 0 Å². The molecule has 0 aliphatic carbocycles. The fourth-order valence-corrected chi connectivity index (χ4v) is 4.65. The average Bonchev–Trinajstić information content (AvgIpc) is 3.36. The average molecular weight is 449 g/mol. The number of piperidine rings is 1. The van der Waals surface area contributed by atoms with E-state index in [4.69, 9.17) is 26.1 Å². The predicted octanol–water partition coefficient (Wildman–Crippen LogP) is 6.15. The van der Waals surface area contributed by atoms with E-state index < -0.39 is 0 Å². The van der Waals surface area contributed by atoms with Crippen molar-refractivity contribution in [3.8, 4) is 16.9 Å². The topological polar surface area (TPSA) is 34.6 Å². The van der Waals surface area contributed by atoms with Crippen LogP contribution < -0.4 is 9.64 Å². The highest BCUT2D eigenvalue weighted by Crippen LogP contribution is 2.29. The minimum absolute atomic E-state index is 0.168. The first-order valence-electron chi connectivity index (χ1n) is 11.6. The van der Waals surface area contributed by atoms with Gasteiger partial charge in [0.05, 0.1) is 13.2 Å². The van der Waals surface area contributed by atoms with Gasteiger partial charge in [0.15, 0.2) is 0 Å². The van der Waals surface area contributed by atoms with Crippen LogP contribution >= 0.6 is 11.6 Å². The molecule has 0 amide bonds. The Bertz CT molecular complexity index is 1020. The second kappa shape index (κ2) is 9.93. The summed E-state index contributed by atoms with van der Waals surface area (Å²) in [5.41, 5.74) is 4.58. The summed E-state index contributed by atoms with van der Waals surface area (Å²) in [6.07, 6.45) is 7.72. The molecule has 0 N–H and O–H groups in total. The molecule has 3 aromatic rings. The molecule has 0 saturated carbocycles. The Morgan fingerprint density at radius 2 is 1.78 bits per heavy atom. The Kier molecular flexibility index (Phi) is 6.61. The molecule has 1 aromatic heterocycles. The minimum Gasteiger partial charge on any atom is -0.488 e. The fraction of sp³-hybridized carbons (Fsp3) is 0.370. The third kappa shape index (κ3) is 5.08. The zero-order chi connectivity index (χ0) is 21.8. The van der Waals surface area contributed by atoms with E-state index in [9.17, 15) is 0 Å². The van der Waals surface area contributed by atoms with Crippen molar-refractivity contribution in [2.75, 3.05) is 31.2 Å². The normalized spacial score (nSPS) is 18.7. The van der Waals surface area contributed by atoms with Gasteiger partial charge in [-0.25, -0.2) is 4.98 Å². The van der Waals surface area contributed by atoms with E-state index >= 15 is 0 Å². The van der Waals surface area contributed by atoms with E-state index in [1.807, 2.05) is 24.4 Å². The van der Waals surface area contributed by atoms with Crippen molar-refractivity contribution in [3.63, 3.8) is 0 Å². The number of pyridine rings is 1. The van der Waals surface area contributed by atoms with Gasteiger partial charge in [-0.1, -0.05) is 29.8 Å². The smallest absolute Gasteiger partial charge is 0.128 e. The number of ether oxygens (including phenoxy) is 2. The van der Waals surface area contributed by atoms with Crippen molar-refractivity contribution < 1.29 is 9.47 Å². The zero-order valence-electron chi connectivity index (χ0n) is 18.3. The van der Waals surface area contributed by atoms with Crippen LogP contribution in [0.1, 0.15) is 36.8 Å². The summed E-state index contributed by atoms with van der Waals surface area (Å²) in [6, 6.07) is 18.9. The SMILES string of the molecule is Clc1ccc(-c2ccc(N3CCCCC3)nc2)cc1Cc1ccc(O[C@@H]2CCOC2)cc1. The monoisotopic (exact) mass is 448 g/mol. The summed E-state index contributed by atoms with van der Waals surface area (Å²) in [4.78, 5) is 7.12. The molecule has 166 valence electrons. The van der Waals surface area contributed by atoms with E-state index in [0.717, 1.165) is 65.8 Å². The minimum atomic E-state index is 0.168. The summed E-state index contributed by atoms with van der Waals surface area (Å²) in [6.45, 7) is 3.68. The van der Waals surface area contributed by atoms with Crippen LogP contribution in [-0.4, -0.2) is 37.4 Å². The lowest BCUT2D eigenvalue weighted by atomic mass is 9.99. The molecule has 2 aromatic carbocycles.